The average molecular weight is 338 g/mol. The Kier molecular flexibility index (Phi) is 4.29. The summed E-state index contributed by atoms with van der Waals surface area (Å²) < 4.78 is 6.11. The van der Waals surface area contributed by atoms with Crippen molar-refractivity contribution < 1.29 is 19.7 Å². The number of aromatic hydroxyl groups is 3. The van der Waals surface area contributed by atoms with E-state index < -0.39 is 8.32 Å². The van der Waals surface area contributed by atoms with Crippen molar-refractivity contribution >= 4 is 23.9 Å². The molecule has 0 amide bonds. The Bertz CT molecular complexity index is 701. The minimum Gasteiger partial charge on any atom is -0.508 e. The minimum atomic E-state index is -2.80. The molecule has 0 radical (unpaired) electrons. The molecule has 0 unspecified atom stereocenters. The van der Waals surface area contributed by atoms with Crippen molar-refractivity contribution in [2.75, 3.05) is 7.11 Å². The summed E-state index contributed by atoms with van der Waals surface area (Å²) in [5, 5.41) is 31.7. The van der Waals surface area contributed by atoms with Crippen molar-refractivity contribution in [3.8, 4) is 17.2 Å². The fourth-order valence-corrected chi connectivity index (χ4v) is 6.56. The molecule has 0 aliphatic carbocycles. The van der Waals surface area contributed by atoms with Gasteiger partial charge >= 0.3 is 0 Å². The van der Waals surface area contributed by atoms with Crippen LogP contribution in [0.15, 0.2) is 72.8 Å². The first-order valence-electron chi connectivity index (χ1n) is 7.50. The van der Waals surface area contributed by atoms with Crippen molar-refractivity contribution in [3.63, 3.8) is 0 Å². The predicted octanol–water partition coefficient (Wildman–Crippen LogP) is 1.42. The normalized spacial score (nSPS) is 11.4. The van der Waals surface area contributed by atoms with Gasteiger partial charge in [0.05, 0.1) is 0 Å². The highest BCUT2D eigenvalue weighted by molar-refractivity contribution is 7.07. The molecule has 0 bridgehead atoms. The first-order chi connectivity index (χ1) is 11.6. The highest BCUT2D eigenvalue weighted by Gasteiger charge is 2.41. The maximum atomic E-state index is 9.62. The van der Waals surface area contributed by atoms with Gasteiger partial charge in [-0.2, -0.15) is 0 Å². The summed E-state index contributed by atoms with van der Waals surface area (Å²) in [5.74, 6) is 0.567. The third-order valence-electron chi connectivity index (χ3n) is 4.13. The van der Waals surface area contributed by atoms with Crippen molar-refractivity contribution in [1.82, 2.24) is 0 Å². The van der Waals surface area contributed by atoms with E-state index in [1.54, 1.807) is 43.5 Å². The fourth-order valence-electron chi connectivity index (χ4n) is 2.94. The Labute approximate surface area is 141 Å². The van der Waals surface area contributed by atoms with Gasteiger partial charge in [0.25, 0.3) is 8.32 Å². The average Bonchev–Trinajstić information content (AvgIpc) is 2.60. The standard InChI is InChI=1S/C19H18O4Si/c1-23-24(17-8-2-14(20)3-9-17,18-10-4-15(21)5-11-18)19-12-6-16(22)7-13-19/h2-13,20-22H,1H3. The van der Waals surface area contributed by atoms with Crippen molar-refractivity contribution in [2.24, 2.45) is 0 Å². The van der Waals surface area contributed by atoms with E-state index in [1.165, 1.54) is 0 Å². The molecule has 0 aromatic heterocycles. The molecule has 3 aromatic rings. The zero-order valence-corrected chi connectivity index (χ0v) is 14.2. The second-order valence-corrected chi connectivity index (χ2v) is 9.03. The molecule has 0 heterocycles. The molecule has 3 rings (SSSR count). The minimum absolute atomic E-state index is 0.189. The molecule has 0 atom stereocenters. The van der Waals surface area contributed by atoms with Crippen LogP contribution in [-0.4, -0.2) is 30.7 Å². The van der Waals surface area contributed by atoms with Crippen LogP contribution in [0.3, 0.4) is 0 Å². The Morgan fingerprint density at radius 1 is 0.542 bits per heavy atom. The van der Waals surface area contributed by atoms with Crippen molar-refractivity contribution in [2.45, 2.75) is 0 Å². The summed E-state index contributed by atoms with van der Waals surface area (Å²) >= 11 is 0. The monoisotopic (exact) mass is 338 g/mol. The largest absolute Gasteiger partial charge is 0.508 e. The molecular weight excluding hydrogens is 320 g/mol. The summed E-state index contributed by atoms with van der Waals surface area (Å²) in [7, 11) is -1.13. The molecule has 0 spiro atoms. The first-order valence-corrected chi connectivity index (χ1v) is 9.41. The first kappa shape index (κ1) is 16.1. The molecule has 0 saturated heterocycles. The molecule has 0 fully saturated rings. The van der Waals surface area contributed by atoms with Crippen LogP contribution in [0.5, 0.6) is 17.2 Å². The van der Waals surface area contributed by atoms with Crippen LogP contribution in [0.4, 0.5) is 0 Å². The molecule has 0 aliphatic rings. The quantitative estimate of drug-likeness (QED) is 0.497. The van der Waals surface area contributed by atoms with Gasteiger partial charge in [-0.05, 0) is 52.0 Å². The fraction of sp³-hybridized carbons (Fsp3) is 0.0526. The van der Waals surface area contributed by atoms with Crippen LogP contribution in [0.25, 0.3) is 0 Å². The smallest absolute Gasteiger partial charge is 0.288 e. The lowest BCUT2D eigenvalue weighted by atomic mass is 10.3. The van der Waals surface area contributed by atoms with Gasteiger partial charge in [0.15, 0.2) is 0 Å². The number of hydrogen-bond donors (Lipinski definition) is 3. The van der Waals surface area contributed by atoms with Gasteiger partial charge in [-0.15, -0.1) is 0 Å². The van der Waals surface area contributed by atoms with E-state index in [9.17, 15) is 15.3 Å². The Hall–Kier alpha value is -2.76. The molecule has 0 saturated carbocycles. The van der Waals surface area contributed by atoms with E-state index >= 15 is 0 Å². The lowest BCUT2D eigenvalue weighted by Gasteiger charge is -2.31. The number of phenolic OH excluding ortho intramolecular Hbond substituents is 3. The van der Waals surface area contributed by atoms with Crippen LogP contribution in [-0.2, 0) is 4.43 Å². The van der Waals surface area contributed by atoms with Crippen LogP contribution in [0, 0.1) is 0 Å². The zero-order chi connectivity index (χ0) is 17.2. The molecular formula is C19H18O4Si. The van der Waals surface area contributed by atoms with Crippen molar-refractivity contribution in [1.29, 1.82) is 0 Å². The van der Waals surface area contributed by atoms with E-state index in [-0.39, 0.29) is 17.2 Å². The summed E-state index contributed by atoms with van der Waals surface area (Å²) in [6, 6.07) is 20.9. The van der Waals surface area contributed by atoms with E-state index in [0.717, 1.165) is 15.6 Å². The van der Waals surface area contributed by atoms with Crippen molar-refractivity contribution in [3.05, 3.63) is 72.8 Å². The summed E-state index contributed by atoms with van der Waals surface area (Å²) in [4.78, 5) is 0. The lowest BCUT2D eigenvalue weighted by Crippen LogP contribution is -2.68. The van der Waals surface area contributed by atoms with Crippen LogP contribution in [0.1, 0.15) is 0 Å². The maximum Gasteiger partial charge on any atom is 0.288 e. The summed E-state index contributed by atoms with van der Waals surface area (Å²) in [5.41, 5.74) is 0. The highest BCUT2D eigenvalue weighted by atomic mass is 28.4. The third-order valence-corrected chi connectivity index (χ3v) is 8.18. The topological polar surface area (TPSA) is 69.9 Å². The Morgan fingerprint density at radius 3 is 1.00 bits per heavy atom. The van der Waals surface area contributed by atoms with Gasteiger partial charge in [-0.3, -0.25) is 0 Å². The summed E-state index contributed by atoms with van der Waals surface area (Å²) in [6.07, 6.45) is 0. The van der Waals surface area contributed by atoms with E-state index in [1.807, 2.05) is 36.4 Å². The maximum absolute atomic E-state index is 9.62. The van der Waals surface area contributed by atoms with Crippen LogP contribution >= 0.6 is 0 Å². The van der Waals surface area contributed by atoms with Gasteiger partial charge in [0.2, 0.25) is 0 Å². The van der Waals surface area contributed by atoms with E-state index in [4.69, 9.17) is 4.43 Å². The lowest BCUT2D eigenvalue weighted by molar-refractivity contribution is 0.426. The van der Waals surface area contributed by atoms with E-state index in [0.29, 0.717) is 0 Å². The number of phenols is 3. The third kappa shape index (κ3) is 2.75. The molecule has 122 valence electrons. The SMILES string of the molecule is CO[Si](c1ccc(O)cc1)(c1ccc(O)cc1)c1ccc(O)cc1. The van der Waals surface area contributed by atoms with Gasteiger partial charge in [-0.25, -0.2) is 0 Å². The molecule has 4 nitrogen and oxygen atoms in total. The predicted molar refractivity (Wildman–Crippen MR) is 96.0 cm³/mol. The second kappa shape index (κ2) is 6.39. The van der Waals surface area contributed by atoms with Gasteiger partial charge in [0, 0.05) is 7.11 Å². The Morgan fingerprint density at radius 2 is 0.792 bits per heavy atom. The zero-order valence-electron chi connectivity index (χ0n) is 13.2. The summed E-state index contributed by atoms with van der Waals surface area (Å²) in [6.45, 7) is 0. The molecule has 0 aliphatic heterocycles. The van der Waals surface area contributed by atoms with Crippen LogP contribution < -0.4 is 15.6 Å². The number of hydrogen-bond acceptors (Lipinski definition) is 4. The van der Waals surface area contributed by atoms with Crippen LogP contribution in [0.2, 0.25) is 0 Å². The number of rotatable bonds is 4. The highest BCUT2D eigenvalue weighted by Crippen LogP contribution is 2.15. The molecule has 24 heavy (non-hydrogen) atoms. The number of benzene rings is 3. The van der Waals surface area contributed by atoms with E-state index in [2.05, 4.69) is 0 Å². The van der Waals surface area contributed by atoms with Gasteiger partial charge < -0.3 is 19.7 Å². The van der Waals surface area contributed by atoms with Gasteiger partial charge in [0.1, 0.15) is 17.2 Å². The Balaban J connectivity index is 2.27. The molecule has 3 N–H and O–H groups in total. The second-order valence-electron chi connectivity index (χ2n) is 5.53. The molecule has 5 heteroatoms. The molecule has 3 aromatic carbocycles. The van der Waals surface area contributed by atoms with Gasteiger partial charge in [-0.1, -0.05) is 36.4 Å².